The molecule has 0 saturated heterocycles. The monoisotopic (exact) mass is 378 g/mol. The summed E-state index contributed by atoms with van der Waals surface area (Å²) in [6.07, 6.45) is 0.708. The summed E-state index contributed by atoms with van der Waals surface area (Å²) in [5, 5.41) is 2.75. The molecule has 0 unspecified atom stereocenters. The lowest BCUT2D eigenvalue weighted by atomic mass is 10.2. The van der Waals surface area contributed by atoms with Crippen LogP contribution in [0, 0.1) is 0 Å². The summed E-state index contributed by atoms with van der Waals surface area (Å²) in [4.78, 5) is 12.1. The molecule has 2 aromatic rings. The molecule has 1 amide bonds. The molecule has 2 rings (SSSR count). The van der Waals surface area contributed by atoms with Gasteiger partial charge in [0.05, 0.1) is 17.7 Å². The standard InChI is InChI=1S/C18H22N2O5S/c1-24-12-4-11-19-18(21)14-7-9-17(10-8-14)26(22,23)20-15-5-3-6-16(13-15)25-2/h3,5-10,13,20H,4,11-12H2,1-2H3,(H,19,21). The first-order valence-electron chi connectivity index (χ1n) is 8.00. The van der Waals surface area contributed by atoms with Gasteiger partial charge < -0.3 is 14.8 Å². The van der Waals surface area contributed by atoms with Crippen molar-refractivity contribution in [2.75, 3.05) is 32.1 Å². The summed E-state index contributed by atoms with van der Waals surface area (Å²) in [5.74, 6) is 0.288. The van der Waals surface area contributed by atoms with E-state index in [1.165, 1.54) is 31.4 Å². The molecule has 0 aliphatic carbocycles. The van der Waals surface area contributed by atoms with Crippen molar-refractivity contribution in [3.63, 3.8) is 0 Å². The van der Waals surface area contributed by atoms with E-state index in [9.17, 15) is 13.2 Å². The molecule has 26 heavy (non-hydrogen) atoms. The molecule has 0 atom stereocenters. The second-order valence-corrected chi connectivity index (χ2v) is 7.15. The molecule has 0 heterocycles. The molecular formula is C18H22N2O5S. The van der Waals surface area contributed by atoms with Crippen molar-refractivity contribution in [3.8, 4) is 5.75 Å². The molecule has 0 aromatic heterocycles. The van der Waals surface area contributed by atoms with Crippen LogP contribution in [0.4, 0.5) is 5.69 Å². The van der Waals surface area contributed by atoms with Crippen molar-refractivity contribution in [1.82, 2.24) is 5.32 Å². The first-order chi connectivity index (χ1) is 12.5. The number of hydrogen-bond donors (Lipinski definition) is 2. The number of ether oxygens (including phenoxy) is 2. The molecule has 140 valence electrons. The van der Waals surface area contributed by atoms with E-state index < -0.39 is 10.0 Å². The zero-order valence-electron chi connectivity index (χ0n) is 14.7. The van der Waals surface area contributed by atoms with Gasteiger partial charge in [-0.15, -0.1) is 0 Å². The Bertz CT molecular complexity index is 835. The zero-order chi connectivity index (χ0) is 19.0. The van der Waals surface area contributed by atoms with Crippen LogP contribution >= 0.6 is 0 Å². The fourth-order valence-corrected chi connectivity index (χ4v) is 3.26. The highest BCUT2D eigenvalue weighted by Crippen LogP contribution is 2.20. The predicted octanol–water partition coefficient (Wildman–Crippen LogP) is 2.26. The summed E-state index contributed by atoms with van der Waals surface area (Å²) in [6, 6.07) is 12.4. The maximum atomic E-state index is 12.5. The van der Waals surface area contributed by atoms with E-state index in [-0.39, 0.29) is 10.8 Å². The number of amides is 1. The smallest absolute Gasteiger partial charge is 0.261 e. The van der Waals surface area contributed by atoms with Crippen LogP contribution in [0.15, 0.2) is 53.4 Å². The lowest BCUT2D eigenvalue weighted by Gasteiger charge is -2.10. The highest BCUT2D eigenvalue weighted by molar-refractivity contribution is 7.92. The highest BCUT2D eigenvalue weighted by atomic mass is 32.2. The predicted molar refractivity (Wildman–Crippen MR) is 99.1 cm³/mol. The molecule has 0 aliphatic heterocycles. The number of sulfonamides is 1. The molecule has 0 radical (unpaired) electrons. The average Bonchev–Trinajstić information content (AvgIpc) is 2.65. The number of rotatable bonds is 9. The summed E-state index contributed by atoms with van der Waals surface area (Å²) in [7, 11) is -0.654. The van der Waals surface area contributed by atoms with Crippen molar-refractivity contribution in [2.45, 2.75) is 11.3 Å². The van der Waals surface area contributed by atoms with Crippen LogP contribution < -0.4 is 14.8 Å². The van der Waals surface area contributed by atoms with E-state index in [1.54, 1.807) is 31.4 Å². The van der Waals surface area contributed by atoms with Gasteiger partial charge in [-0.1, -0.05) is 6.07 Å². The van der Waals surface area contributed by atoms with E-state index in [0.717, 1.165) is 0 Å². The Morgan fingerprint density at radius 2 is 1.81 bits per heavy atom. The average molecular weight is 378 g/mol. The lowest BCUT2D eigenvalue weighted by Crippen LogP contribution is -2.25. The van der Waals surface area contributed by atoms with Gasteiger partial charge in [-0.05, 0) is 42.8 Å². The summed E-state index contributed by atoms with van der Waals surface area (Å²) < 4.78 is 37.4. The SMILES string of the molecule is COCCCNC(=O)c1ccc(S(=O)(=O)Nc2cccc(OC)c2)cc1. The number of hydrogen-bond acceptors (Lipinski definition) is 5. The van der Waals surface area contributed by atoms with E-state index in [1.807, 2.05) is 0 Å². The topological polar surface area (TPSA) is 93.7 Å². The minimum absolute atomic E-state index is 0.0660. The normalized spacial score (nSPS) is 11.0. The summed E-state index contributed by atoms with van der Waals surface area (Å²) in [5.41, 5.74) is 0.784. The Kier molecular flexibility index (Phi) is 6.99. The summed E-state index contributed by atoms with van der Waals surface area (Å²) in [6.45, 7) is 1.05. The van der Waals surface area contributed by atoms with Crippen LogP contribution in [-0.4, -0.2) is 41.7 Å². The second-order valence-electron chi connectivity index (χ2n) is 5.46. The molecule has 0 aliphatic rings. The lowest BCUT2D eigenvalue weighted by molar-refractivity contribution is 0.0948. The largest absolute Gasteiger partial charge is 0.497 e. The molecule has 0 saturated carbocycles. The Hall–Kier alpha value is -2.58. The van der Waals surface area contributed by atoms with Crippen LogP contribution in [0.25, 0.3) is 0 Å². The van der Waals surface area contributed by atoms with Gasteiger partial charge in [-0.2, -0.15) is 0 Å². The van der Waals surface area contributed by atoms with Crippen LogP contribution in [0.3, 0.4) is 0 Å². The Morgan fingerprint density at radius 1 is 1.08 bits per heavy atom. The molecule has 0 bridgehead atoms. The third kappa shape index (κ3) is 5.47. The fraction of sp³-hybridized carbons (Fsp3) is 0.278. The maximum Gasteiger partial charge on any atom is 0.261 e. The minimum atomic E-state index is -3.76. The third-order valence-electron chi connectivity index (χ3n) is 3.56. The quantitative estimate of drug-likeness (QED) is 0.653. The van der Waals surface area contributed by atoms with Crippen LogP contribution in [0.2, 0.25) is 0 Å². The van der Waals surface area contributed by atoms with Gasteiger partial charge in [0.1, 0.15) is 5.75 Å². The zero-order valence-corrected chi connectivity index (χ0v) is 15.5. The highest BCUT2D eigenvalue weighted by Gasteiger charge is 2.15. The first kappa shape index (κ1) is 19.7. The number of carbonyl (C=O) groups is 1. The van der Waals surface area contributed by atoms with E-state index in [4.69, 9.17) is 9.47 Å². The molecule has 2 N–H and O–H groups in total. The number of methoxy groups -OCH3 is 2. The van der Waals surface area contributed by atoms with Crippen molar-refractivity contribution in [2.24, 2.45) is 0 Å². The number of benzene rings is 2. The van der Waals surface area contributed by atoms with Crippen LogP contribution in [0.1, 0.15) is 16.8 Å². The molecular weight excluding hydrogens is 356 g/mol. The van der Waals surface area contributed by atoms with Gasteiger partial charge in [0, 0.05) is 31.9 Å². The van der Waals surface area contributed by atoms with Crippen LogP contribution in [0.5, 0.6) is 5.75 Å². The Morgan fingerprint density at radius 3 is 2.46 bits per heavy atom. The first-order valence-corrected chi connectivity index (χ1v) is 9.48. The molecule has 2 aromatic carbocycles. The van der Waals surface area contributed by atoms with Gasteiger partial charge in [-0.3, -0.25) is 9.52 Å². The number of carbonyl (C=O) groups excluding carboxylic acids is 1. The molecule has 8 heteroatoms. The Balaban J connectivity index is 2.04. The van der Waals surface area contributed by atoms with E-state index >= 15 is 0 Å². The van der Waals surface area contributed by atoms with Crippen molar-refractivity contribution >= 4 is 21.6 Å². The van der Waals surface area contributed by atoms with Crippen molar-refractivity contribution in [3.05, 3.63) is 54.1 Å². The second kappa shape index (κ2) is 9.21. The number of nitrogens with one attached hydrogen (secondary N) is 2. The van der Waals surface area contributed by atoms with Crippen LogP contribution in [-0.2, 0) is 14.8 Å². The van der Waals surface area contributed by atoms with Crippen molar-refractivity contribution < 1.29 is 22.7 Å². The maximum absolute atomic E-state index is 12.5. The van der Waals surface area contributed by atoms with Gasteiger partial charge in [0.15, 0.2) is 0 Å². The number of anilines is 1. The fourth-order valence-electron chi connectivity index (χ4n) is 2.21. The molecule has 7 nitrogen and oxygen atoms in total. The van der Waals surface area contributed by atoms with Gasteiger partial charge in [0.25, 0.3) is 15.9 Å². The molecule has 0 spiro atoms. The third-order valence-corrected chi connectivity index (χ3v) is 4.96. The van der Waals surface area contributed by atoms with E-state index in [0.29, 0.717) is 36.6 Å². The Labute approximate surface area is 153 Å². The van der Waals surface area contributed by atoms with Gasteiger partial charge >= 0.3 is 0 Å². The molecule has 0 fully saturated rings. The van der Waals surface area contributed by atoms with E-state index in [2.05, 4.69) is 10.0 Å². The van der Waals surface area contributed by atoms with Gasteiger partial charge in [-0.25, -0.2) is 8.42 Å². The van der Waals surface area contributed by atoms with Gasteiger partial charge in [0.2, 0.25) is 0 Å². The summed E-state index contributed by atoms with van der Waals surface area (Å²) >= 11 is 0. The minimum Gasteiger partial charge on any atom is -0.497 e. The van der Waals surface area contributed by atoms with Crippen molar-refractivity contribution in [1.29, 1.82) is 0 Å².